The highest BCUT2D eigenvalue weighted by Crippen LogP contribution is 2.44. The van der Waals surface area contributed by atoms with Crippen molar-refractivity contribution in [2.45, 2.75) is 35.8 Å². The van der Waals surface area contributed by atoms with Crippen molar-refractivity contribution in [1.82, 2.24) is 8.61 Å². The molecule has 4 unspecified atom stereocenters. The Kier molecular flexibility index (Phi) is 11.6. The van der Waals surface area contributed by atoms with Gasteiger partial charge in [-0.3, -0.25) is 18.2 Å². The van der Waals surface area contributed by atoms with Gasteiger partial charge in [-0.1, -0.05) is 121 Å². The predicted molar refractivity (Wildman–Crippen MR) is 182 cm³/mol. The number of ether oxygens (including phenoxy) is 2. The molecule has 0 aromatic heterocycles. The van der Waals surface area contributed by atoms with Crippen molar-refractivity contribution in [3.8, 4) is 11.8 Å². The molecule has 0 aliphatic carbocycles. The Balaban J connectivity index is 0.000000178. The number of amides is 2. The van der Waals surface area contributed by atoms with E-state index < -0.39 is 12.2 Å². The fourth-order valence-corrected chi connectivity index (χ4v) is 7.26. The summed E-state index contributed by atoms with van der Waals surface area (Å²) in [7, 11) is 3.12. The summed E-state index contributed by atoms with van der Waals surface area (Å²) in [6.45, 7) is 0. The maximum atomic E-state index is 12.2. The molecule has 2 heterocycles. The molecule has 2 saturated heterocycles. The first-order valence-corrected chi connectivity index (χ1v) is 16.6. The number of hydrogen-bond acceptors (Lipinski definition) is 6. The zero-order valence-electron chi connectivity index (χ0n) is 24.9. The predicted octanol–water partition coefficient (Wildman–Crippen LogP) is 7.20. The minimum absolute atomic E-state index is 0.00616. The number of β-lactam (4-membered cyclic amide) rings is 2. The molecule has 4 aromatic carbocycles. The van der Waals surface area contributed by atoms with Crippen LogP contribution in [0.4, 0.5) is 0 Å². The normalized spacial score (nSPS) is 20.2. The van der Waals surface area contributed by atoms with Gasteiger partial charge in [-0.25, -0.2) is 0 Å². The molecule has 6 rings (SSSR count). The van der Waals surface area contributed by atoms with E-state index in [-0.39, 0.29) is 23.9 Å². The third-order valence-electron chi connectivity index (χ3n) is 7.30. The number of carbonyl (C=O) groups is 2. The molecule has 0 bridgehead atoms. The van der Waals surface area contributed by atoms with E-state index in [1.165, 1.54) is 35.0 Å². The summed E-state index contributed by atoms with van der Waals surface area (Å²) in [6.07, 6.45) is -0.919. The van der Waals surface area contributed by atoms with Crippen molar-refractivity contribution in [3.05, 3.63) is 143 Å². The fraction of sp³-hybridized carbons (Fsp3) is 0.222. The van der Waals surface area contributed by atoms with E-state index in [0.29, 0.717) is 5.02 Å². The number of nitrogens with zero attached hydrogens (tertiary/aromatic N) is 2. The molecule has 0 spiro atoms. The van der Waals surface area contributed by atoms with Crippen LogP contribution in [0.3, 0.4) is 0 Å². The van der Waals surface area contributed by atoms with Gasteiger partial charge in [0.25, 0.3) is 11.8 Å². The SMILES string of the molecule is COC1C(=O)N(SCc2ccccc2)C1C#Cc1ccccc1.COC1C(=O)N(SCc2ccccc2)C1c1ccccc1Cl. The molecule has 2 fully saturated rings. The van der Waals surface area contributed by atoms with Gasteiger partial charge in [0.15, 0.2) is 12.2 Å². The van der Waals surface area contributed by atoms with Crippen LogP contribution in [0.15, 0.2) is 115 Å². The second kappa shape index (κ2) is 16.0. The molecular weight excluding hydrogens is 624 g/mol. The topological polar surface area (TPSA) is 59.1 Å². The van der Waals surface area contributed by atoms with Gasteiger partial charge < -0.3 is 9.47 Å². The van der Waals surface area contributed by atoms with Gasteiger partial charge in [-0.05, 0) is 58.8 Å². The highest BCUT2D eigenvalue weighted by Gasteiger charge is 2.50. The Hall–Kier alpha value is -3.71. The van der Waals surface area contributed by atoms with Crippen molar-refractivity contribution < 1.29 is 19.1 Å². The van der Waals surface area contributed by atoms with E-state index in [0.717, 1.165) is 22.6 Å². The molecule has 45 heavy (non-hydrogen) atoms. The van der Waals surface area contributed by atoms with Crippen LogP contribution in [-0.2, 0) is 30.6 Å². The number of hydrogen-bond donors (Lipinski definition) is 0. The molecule has 2 amide bonds. The van der Waals surface area contributed by atoms with E-state index in [4.69, 9.17) is 21.1 Å². The highest BCUT2D eigenvalue weighted by atomic mass is 35.5. The summed E-state index contributed by atoms with van der Waals surface area (Å²) in [5.74, 6) is 7.75. The van der Waals surface area contributed by atoms with Crippen molar-refractivity contribution in [2.24, 2.45) is 0 Å². The van der Waals surface area contributed by atoms with Crippen molar-refractivity contribution in [1.29, 1.82) is 0 Å². The highest BCUT2D eigenvalue weighted by molar-refractivity contribution is 7.97. The Labute approximate surface area is 278 Å². The van der Waals surface area contributed by atoms with Crippen molar-refractivity contribution in [2.75, 3.05) is 14.2 Å². The van der Waals surface area contributed by atoms with Gasteiger partial charge in [-0.15, -0.1) is 0 Å². The van der Waals surface area contributed by atoms with Crippen LogP contribution in [0.1, 0.15) is 28.3 Å². The van der Waals surface area contributed by atoms with Crippen molar-refractivity contribution in [3.63, 3.8) is 0 Å². The molecule has 9 heteroatoms. The number of methoxy groups -OCH3 is 2. The maximum Gasteiger partial charge on any atom is 0.266 e. The third-order valence-corrected chi connectivity index (χ3v) is 9.94. The zero-order chi connectivity index (χ0) is 31.6. The lowest BCUT2D eigenvalue weighted by molar-refractivity contribution is -0.158. The van der Waals surface area contributed by atoms with Crippen LogP contribution in [-0.4, -0.2) is 52.9 Å². The van der Waals surface area contributed by atoms with Crippen LogP contribution < -0.4 is 0 Å². The van der Waals surface area contributed by atoms with E-state index in [2.05, 4.69) is 36.1 Å². The van der Waals surface area contributed by atoms with E-state index in [9.17, 15) is 9.59 Å². The number of halogens is 1. The van der Waals surface area contributed by atoms with Crippen LogP contribution in [0, 0.1) is 11.8 Å². The first kappa shape index (κ1) is 32.7. The summed E-state index contributed by atoms with van der Waals surface area (Å²) in [4.78, 5) is 24.4. The molecular formula is C36H33ClN2O4S2. The van der Waals surface area contributed by atoms with Gasteiger partial charge in [0.2, 0.25) is 0 Å². The molecule has 0 saturated carbocycles. The molecule has 230 valence electrons. The van der Waals surface area contributed by atoms with Crippen LogP contribution in [0.5, 0.6) is 0 Å². The molecule has 2 aliphatic heterocycles. The quantitative estimate of drug-likeness (QED) is 0.108. The standard InChI is InChI=1S/C19H17NO2S.C17H16ClNO2S/c1-22-18-17(13-12-15-8-4-2-5-9-15)20(19(18)21)23-14-16-10-6-3-7-11-16;1-21-16-15(13-9-5-6-10-14(13)18)19(17(16)20)22-11-12-7-3-2-4-8-12/h2-11,17-18H,14H2,1H3;2-10,15-16H,11H2,1H3. The fourth-order valence-electron chi connectivity index (χ4n) is 4.88. The van der Waals surface area contributed by atoms with Gasteiger partial charge in [0.1, 0.15) is 12.1 Å². The van der Waals surface area contributed by atoms with Crippen molar-refractivity contribution >= 4 is 47.3 Å². The third kappa shape index (κ3) is 7.93. The summed E-state index contributed by atoms with van der Waals surface area (Å²) >= 11 is 9.27. The summed E-state index contributed by atoms with van der Waals surface area (Å²) < 4.78 is 14.1. The smallest absolute Gasteiger partial charge is 0.266 e. The second-order valence-electron chi connectivity index (χ2n) is 10.2. The lowest BCUT2D eigenvalue weighted by Crippen LogP contribution is -2.61. The largest absolute Gasteiger partial charge is 0.369 e. The van der Waals surface area contributed by atoms with E-state index in [1.54, 1.807) is 22.8 Å². The molecule has 4 atom stereocenters. The van der Waals surface area contributed by atoms with Gasteiger partial charge in [-0.2, -0.15) is 0 Å². The number of benzene rings is 4. The molecule has 2 aliphatic rings. The Bertz CT molecular complexity index is 1630. The van der Waals surface area contributed by atoms with Crippen LogP contribution in [0.2, 0.25) is 5.02 Å². The average Bonchev–Trinajstić information content (AvgIpc) is 3.08. The lowest BCUT2D eigenvalue weighted by Gasteiger charge is -2.45. The number of rotatable bonds is 9. The monoisotopic (exact) mass is 656 g/mol. The minimum Gasteiger partial charge on any atom is -0.369 e. The van der Waals surface area contributed by atoms with E-state index in [1.807, 2.05) is 91.0 Å². The molecule has 4 aromatic rings. The Morgan fingerprint density at radius 1 is 0.667 bits per heavy atom. The maximum absolute atomic E-state index is 12.2. The van der Waals surface area contributed by atoms with E-state index >= 15 is 0 Å². The zero-order valence-corrected chi connectivity index (χ0v) is 27.3. The molecule has 6 nitrogen and oxygen atoms in total. The molecule has 0 radical (unpaired) electrons. The second-order valence-corrected chi connectivity index (χ2v) is 12.5. The first-order valence-electron chi connectivity index (χ1n) is 14.4. The van der Waals surface area contributed by atoms with Gasteiger partial charge >= 0.3 is 0 Å². The molecule has 0 N–H and O–H groups in total. The summed E-state index contributed by atoms with van der Waals surface area (Å²) in [5.41, 5.74) is 4.23. The van der Waals surface area contributed by atoms with Gasteiger partial charge in [0, 0.05) is 36.3 Å². The average molecular weight is 657 g/mol. The number of carbonyl (C=O) groups excluding carboxylic acids is 2. The minimum atomic E-state index is -0.463. The Morgan fingerprint density at radius 3 is 1.71 bits per heavy atom. The first-order chi connectivity index (χ1) is 22.0. The summed E-state index contributed by atoms with van der Waals surface area (Å²) in [5, 5.41) is 0.660. The Morgan fingerprint density at radius 2 is 1.16 bits per heavy atom. The van der Waals surface area contributed by atoms with Gasteiger partial charge in [0.05, 0.1) is 0 Å². The summed E-state index contributed by atoms with van der Waals surface area (Å²) in [6, 6.07) is 37.2. The van der Waals surface area contributed by atoms with Crippen LogP contribution in [0.25, 0.3) is 0 Å². The van der Waals surface area contributed by atoms with Crippen LogP contribution >= 0.6 is 35.5 Å². The lowest BCUT2D eigenvalue weighted by atomic mass is 9.94.